The van der Waals surface area contributed by atoms with Crippen molar-refractivity contribution in [1.82, 2.24) is 4.90 Å². The minimum Gasteiger partial charge on any atom is -0.491 e. The van der Waals surface area contributed by atoms with Crippen LogP contribution in [0, 0.1) is 11.6 Å². The molecule has 0 aromatic heterocycles. The molecule has 1 aliphatic rings. The minimum atomic E-state index is -1.18. The number of hydrogen-bond donors (Lipinski definition) is 2. The summed E-state index contributed by atoms with van der Waals surface area (Å²) in [5.74, 6) is -0.0921. The van der Waals surface area contributed by atoms with Crippen LogP contribution in [0.25, 0.3) is 0 Å². The van der Waals surface area contributed by atoms with Crippen molar-refractivity contribution in [3.05, 3.63) is 94.5 Å². The molecule has 0 spiro atoms. The molecule has 0 unspecified atom stereocenters. The molecule has 5 nitrogen and oxygen atoms in total. The van der Waals surface area contributed by atoms with Crippen molar-refractivity contribution in [2.24, 2.45) is 0 Å². The number of anilines is 1. The lowest BCUT2D eigenvalue weighted by Gasteiger charge is -2.45. The second kappa shape index (κ2) is 11.1. The lowest BCUT2D eigenvalue weighted by Crippen LogP contribution is -2.52. The maximum absolute atomic E-state index is 13.7. The van der Waals surface area contributed by atoms with Gasteiger partial charge in [0.05, 0.1) is 28.5 Å². The normalized spacial score (nSPS) is 19.1. The summed E-state index contributed by atoms with van der Waals surface area (Å²) in [6.07, 6.45) is -0.591. The molecule has 0 amide bonds. The number of hydrogen-bond acceptors (Lipinski definition) is 5. The summed E-state index contributed by atoms with van der Waals surface area (Å²) in [7, 11) is 0. The fourth-order valence-electron chi connectivity index (χ4n) is 4.60. The van der Waals surface area contributed by atoms with E-state index in [4.69, 9.17) is 16.3 Å². The first-order valence-electron chi connectivity index (χ1n) is 12.0. The Morgan fingerprint density at radius 1 is 1.03 bits per heavy atom. The molecule has 1 aliphatic heterocycles. The van der Waals surface area contributed by atoms with Gasteiger partial charge in [0.15, 0.2) is 0 Å². The number of halogens is 3. The molecule has 3 aromatic rings. The summed E-state index contributed by atoms with van der Waals surface area (Å²) in [5, 5.41) is 21.2. The first kappa shape index (κ1) is 26.4. The first-order valence-corrected chi connectivity index (χ1v) is 12.3. The molecule has 2 N–H and O–H groups in total. The molecule has 0 saturated carbocycles. The van der Waals surface area contributed by atoms with E-state index in [9.17, 15) is 19.0 Å². The van der Waals surface area contributed by atoms with E-state index in [1.54, 1.807) is 44.2 Å². The van der Waals surface area contributed by atoms with Gasteiger partial charge in [-0.3, -0.25) is 4.90 Å². The summed E-state index contributed by atoms with van der Waals surface area (Å²) >= 11 is 6.66. The van der Waals surface area contributed by atoms with Gasteiger partial charge in [0.2, 0.25) is 0 Å². The topological polar surface area (TPSA) is 56.2 Å². The second-order valence-corrected chi connectivity index (χ2v) is 9.96. The van der Waals surface area contributed by atoms with E-state index in [0.29, 0.717) is 42.5 Å². The highest BCUT2D eigenvalue weighted by atomic mass is 35.5. The van der Waals surface area contributed by atoms with Crippen molar-refractivity contribution in [2.75, 3.05) is 37.7 Å². The summed E-state index contributed by atoms with van der Waals surface area (Å²) in [6, 6.07) is 17.6. The third-order valence-corrected chi connectivity index (χ3v) is 6.74. The lowest BCUT2D eigenvalue weighted by molar-refractivity contribution is 0.0102. The lowest BCUT2D eigenvalue weighted by atomic mass is 9.94. The zero-order chi connectivity index (χ0) is 25.9. The number of aliphatic hydroxyl groups is 2. The van der Waals surface area contributed by atoms with Crippen LogP contribution in [-0.2, 0) is 5.60 Å². The molecule has 1 fully saturated rings. The maximum Gasteiger partial charge on any atom is 0.123 e. The van der Waals surface area contributed by atoms with Crippen molar-refractivity contribution < 1.29 is 23.7 Å². The van der Waals surface area contributed by atoms with E-state index < -0.39 is 11.7 Å². The molecule has 1 saturated heterocycles. The van der Waals surface area contributed by atoms with E-state index >= 15 is 0 Å². The van der Waals surface area contributed by atoms with E-state index in [1.807, 2.05) is 12.1 Å². The molecule has 3 atom stereocenters. The van der Waals surface area contributed by atoms with Crippen LogP contribution < -0.4 is 9.64 Å². The number of nitrogens with zero attached hydrogens (tertiary/aromatic N) is 2. The summed E-state index contributed by atoms with van der Waals surface area (Å²) in [4.78, 5) is 4.33. The number of β-amino-alcohol motifs (C(OH)–C–C–N with tert-alkyl or cyclic N) is 1. The van der Waals surface area contributed by atoms with Gasteiger partial charge in [0, 0.05) is 32.2 Å². The van der Waals surface area contributed by atoms with Crippen LogP contribution in [0.3, 0.4) is 0 Å². The van der Waals surface area contributed by atoms with Gasteiger partial charge in [0.1, 0.15) is 24.0 Å². The Kier molecular flexibility index (Phi) is 8.15. The predicted octanol–water partition coefficient (Wildman–Crippen LogP) is 5.15. The highest BCUT2D eigenvalue weighted by Crippen LogP contribution is 2.38. The number of aliphatic hydroxyl groups excluding tert-OH is 1. The summed E-state index contributed by atoms with van der Waals surface area (Å²) in [6.45, 7) is 5.74. The van der Waals surface area contributed by atoms with Gasteiger partial charge < -0.3 is 19.8 Å². The van der Waals surface area contributed by atoms with E-state index in [-0.39, 0.29) is 24.3 Å². The van der Waals surface area contributed by atoms with Crippen molar-refractivity contribution in [3.63, 3.8) is 0 Å². The van der Waals surface area contributed by atoms with Crippen molar-refractivity contribution in [2.45, 2.75) is 31.6 Å². The van der Waals surface area contributed by atoms with Gasteiger partial charge >= 0.3 is 0 Å². The molecule has 36 heavy (non-hydrogen) atoms. The van der Waals surface area contributed by atoms with Gasteiger partial charge in [-0.05, 0) is 61.4 Å². The molecule has 0 bridgehead atoms. The Morgan fingerprint density at radius 3 is 2.28 bits per heavy atom. The predicted molar refractivity (Wildman–Crippen MR) is 138 cm³/mol. The minimum absolute atomic E-state index is 0.148. The average molecular weight is 517 g/mol. The van der Waals surface area contributed by atoms with Gasteiger partial charge in [-0.1, -0.05) is 35.9 Å². The molecule has 192 valence electrons. The number of rotatable bonds is 8. The van der Waals surface area contributed by atoms with Crippen LogP contribution in [-0.4, -0.2) is 54.0 Å². The molecule has 3 aromatic carbocycles. The Morgan fingerprint density at radius 2 is 1.67 bits per heavy atom. The monoisotopic (exact) mass is 516 g/mol. The van der Waals surface area contributed by atoms with Crippen LogP contribution in [0.1, 0.15) is 31.0 Å². The van der Waals surface area contributed by atoms with E-state index in [0.717, 1.165) is 11.3 Å². The molecule has 4 rings (SSSR count). The highest BCUT2D eigenvalue weighted by molar-refractivity contribution is 6.33. The number of piperazine rings is 1. The summed E-state index contributed by atoms with van der Waals surface area (Å²) < 4.78 is 32.7. The van der Waals surface area contributed by atoms with Gasteiger partial charge in [-0.15, -0.1) is 0 Å². The number of benzene rings is 3. The van der Waals surface area contributed by atoms with Gasteiger partial charge in [-0.2, -0.15) is 0 Å². The van der Waals surface area contributed by atoms with Crippen LogP contribution in [0.15, 0.2) is 66.7 Å². The first-order chi connectivity index (χ1) is 17.1. The van der Waals surface area contributed by atoms with Crippen LogP contribution in [0.4, 0.5) is 14.5 Å². The largest absolute Gasteiger partial charge is 0.491 e. The van der Waals surface area contributed by atoms with Crippen LogP contribution >= 0.6 is 11.6 Å². The van der Waals surface area contributed by atoms with Crippen LogP contribution in [0.2, 0.25) is 5.02 Å². The molecular weight excluding hydrogens is 486 g/mol. The van der Waals surface area contributed by atoms with Crippen molar-refractivity contribution in [1.29, 1.82) is 0 Å². The fraction of sp³-hybridized carbons (Fsp3) is 0.357. The van der Waals surface area contributed by atoms with E-state index in [2.05, 4.69) is 9.80 Å². The zero-order valence-corrected chi connectivity index (χ0v) is 21.1. The molecule has 8 heteroatoms. The summed E-state index contributed by atoms with van der Waals surface area (Å²) in [5.41, 5.74) is 1.21. The maximum atomic E-state index is 13.7. The fourth-order valence-corrected chi connectivity index (χ4v) is 4.88. The Bertz CT molecular complexity index is 1160. The molecule has 0 aliphatic carbocycles. The Balaban J connectivity index is 1.58. The van der Waals surface area contributed by atoms with Gasteiger partial charge in [0.25, 0.3) is 0 Å². The Hall–Kier alpha value is -2.71. The van der Waals surface area contributed by atoms with E-state index in [1.165, 1.54) is 24.3 Å². The van der Waals surface area contributed by atoms with Gasteiger partial charge in [-0.25, -0.2) is 8.78 Å². The second-order valence-electron chi connectivity index (χ2n) is 9.55. The van der Waals surface area contributed by atoms with Crippen LogP contribution in [0.5, 0.6) is 5.75 Å². The zero-order valence-electron chi connectivity index (χ0n) is 20.4. The smallest absolute Gasteiger partial charge is 0.123 e. The average Bonchev–Trinajstić information content (AvgIpc) is 2.83. The van der Waals surface area contributed by atoms with Crippen molar-refractivity contribution >= 4 is 17.3 Å². The molecule has 0 radical (unpaired) electrons. The third-order valence-electron chi connectivity index (χ3n) is 6.44. The SMILES string of the molecule is C[C@H](O)COc1ccc(N2CCN(C[C@@](C)(O)c3ccc(F)cc3)C[C@H]2c2ccc(F)cc2)c(Cl)c1. The molecule has 1 heterocycles. The standard InChI is InChI=1S/C28H31ClF2N2O3/c1-19(34)17-36-24-11-12-26(25(29)15-24)33-14-13-32(16-27(33)20-3-7-22(30)8-4-20)18-28(2,35)21-5-9-23(31)10-6-21/h3-12,15,19,27,34-35H,13-14,16-18H2,1-2H3/t19-,27-,28+/m0/s1. The molecular formula is C28H31ClF2N2O3. The van der Waals surface area contributed by atoms with Crippen molar-refractivity contribution in [3.8, 4) is 5.75 Å². The Labute approximate surface area is 215 Å². The third kappa shape index (κ3) is 6.34. The number of ether oxygens (including phenoxy) is 1. The quantitative estimate of drug-likeness (QED) is 0.434. The highest BCUT2D eigenvalue weighted by Gasteiger charge is 2.34.